The molecule has 0 aliphatic heterocycles. The first-order chi connectivity index (χ1) is 8.10. The van der Waals surface area contributed by atoms with Gasteiger partial charge in [0.2, 0.25) is 0 Å². The Balaban J connectivity index is 2.94. The summed E-state index contributed by atoms with van der Waals surface area (Å²) in [5.41, 5.74) is 1.01. The van der Waals surface area contributed by atoms with Crippen molar-refractivity contribution in [3.05, 3.63) is 16.0 Å². The van der Waals surface area contributed by atoms with Gasteiger partial charge in [0.1, 0.15) is 12.4 Å². The van der Waals surface area contributed by atoms with Gasteiger partial charge in [-0.15, -0.1) is 0 Å². The summed E-state index contributed by atoms with van der Waals surface area (Å²) < 4.78 is 6.41. The van der Waals surface area contributed by atoms with Crippen LogP contribution in [0.3, 0.4) is 0 Å². The number of halogens is 1. The van der Waals surface area contributed by atoms with E-state index in [4.69, 9.17) is 4.74 Å². The van der Waals surface area contributed by atoms with Gasteiger partial charge in [-0.05, 0) is 28.3 Å². The summed E-state index contributed by atoms with van der Waals surface area (Å²) in [5, 5.41) is 3.07. The van der Waals surface area contributed by atoms with Gasteiger partial charge >= 0.3 is 0 Å². The second-order valence-electron chi connectivity index (χ2n) is 4.14. The van der Waals surface area contributed by atoms with E-state index < -0.39 is 0 Å². The van der Waals surface area contributed by atoms with Crippen molar-refractivity contribution in [2.45, 2.75) is 39.7 Å². The second kappa shape index (κ2) is 6.91. The highest BCUT2D eigenvalue weighted by atomic mass is 79.9. The van der Waals surface area contributed by atoms with Crippen molar-refractivity contribution >= 4 is 21.7 Å². The lowest BCUT2D eigenvalue weighted by molar-refractivity contribution is 0.116. The van der Waals surface area contributed by atoms with E-state index in [9.17, 15) is 0 Å². The second-order valence-corrected chi connectivity index (χ2v) is 4.94. The molecule has 1 rings (SSSR count). The van der Waals surface area contributed by atoms with Gasteiger partial charge in [-0.3, -0.25) is 0 Å². The highest BCUT2D eigenvalue weighted by molar-refractivity contribution is 9.10. The lowest BCUT2D eigenvalue weighted by Gasteiger charge is -2.13. The minimum Gasteiger partial charge on any atom is -0.373 e. The maximum atomic E-state index is 5.47. The van der Waals surface area contributed by atoms with Crippen molar-refractivity contribution in [3.8, 4) is 0 Å². The van der Waals surface area contributed by atoms with Crippen molar-refractivity contribution in [2.75, 3.05) is 19.0 Å². The Kier molecular flexibility index (Phi) is 5.85. The van der Waals surface area contributed by atoms with Crippen molar-refractivity contribution < 1.29 is 4.74 Å². The van der Waals surface area contributed by atoms with Crippen molar-refractivity contribution in [1.29, 1.82) is 0 Å². The molecule has 0 bridgehead atoms. The molecule has 5 heteroatoms. The van der Waals surface area contributed by atoms with Crippen LogP contribution in [0, 0.1) is 0 Å². The van der Waals surface area contributed by atoms with Crippen LogP contribution in [0.5, 0.6) is 0 Å². The van der Waals surface area contributed by atoms with Crippen LogP contribution >= 0.6 is 15.9 Å². The lowest BCUT2D eigenvalue weighted by Crippen LogP contribution is -2.08. The zero-order chi connectivity index (χ0) is 12.8. The number of ether oxygens (including phenoxy) is 1. The first-order valence-corrected chi connectivity index (χ1v) is 6.71. The average Bonchev–Trinajstić information content (AvgIpc) is 2.30. The zero-order valence-electron chi connectivity index (χ0n) is 10.9. The molecule has 1 heterocycles. The predicted molar refractivity (Wildman–Crippen MR) is 73.3 cm³/mol. The molecule has 0 fully saturated rings. The van der Waals surface area contributed by atoms with Crippen LogP contribution in [0.25, 0.3) is 0 Å². The van der Waals surface area contributed by atoms with Crippen LogP contribution in [-0.4, -0.2) is 23.6 Å². The number of rotatable bonds is 6. The summed E-state index contributed by atoms with van der Waals surface area (Å²) in [6.45, 7) is 7.52. The van der Waals surface area contributed by atoms with Gasteiger partial charge in [0.25, 0.3) is 0 Å². The molecule has 17 heavy (non-hydrogen) atoms. The minimum atomic E-state index is 0.351. The van der Waals surface area contributed by atoms with Gasteiger partial charge in [-0.25, -0.2) is 9.97 Å². The Morgan fingerprint density at radius 1 is 1.35 bits per heavy atom. The van der Waals surface area contributed by atoms with E-state index in [0.29, 0.717) is 12.5 Å². The molecule has 0 amide bonds. The SMILES string of the molecule is CCCOCc1nc(NC)c(Br)c(C(C)C)n1. The molecule has 0 saturated heterocycles. The van der Waals surface area contributed by atoms with Gasteiger partial charge in [-0.2, -0.15) is 0 Å². The van der Waals surface area contributed by atoms with Crippen LogP contribution in [-0.2, 0) is 11.3 Å². The fourth-order valence-electron chi connectivity index (χ4n) is 1.43. The lowest BCUT2D eigenvalue weighted by atomic mass is 10.1. The maximum Gasteiger partial charge on any atom is 0.156 e. The van der Waals surface area contributed by atoms with Crippen LogP contribution in [0.2, 0.25) is 0 Å². The normalized spacial score (nSPS) is 10.9. The van der Waals surface area contributed by atoms with Gasteiger partial charge in [-0.1, -0.05) is 20.8 Å². The fourth-order valence-corrected chi connectivity index (χ4v) is 2.27. The molecule has 0 radical (unpaired) electrons. The van der Waals surface area contributed by atoms with Crippen LogP contribution < -0.4 is 5.32 Å². The number of anilines is 1. The summed E-state index contributed by atoms with van der Waals surface area (Å²) in [7, 11) is 1.86. The fraction of sp³-hybridized carbons (Fsp3) is 0.667. The van der Waals surface area contributed by atoms with Crippen LogP contribution in [0.15, 0.2) is 4.47 Å². The van der Waals surface area contributed by atoms with Crippen molar-refractivity contribution in [1.82, 2.24) is 9.97 Å². The van der Waals surface area contributed by atoms with Crippen LogP contribution in [0.4, 0.5) is 5.82 Å². The van der Waals surface area contributed by atoms with Crippen molar-refractivity contribution in [3.63, 3.8) is 0 Å². The molecular weight excluding hydrogens is 282 g/mol. The predicted octanol–water partition coefficient (Wildman–Crippen LogP) is 3.33. The maximum absolute atomic E-state index is 5.47. The summed E-state index contributed by atoms with van der Waals surface area (Å²) in [5.74, 6) is 1.90. The standard InChI is InChI=1S/C12H20BrN3O/c1-5-6-17-7-9-15-11(8(2)3)10(13)12(14-4)16-9/h8H,5-7H2,1-4H3,(H,14,15,16). The third-order valence-electron chi connectivity index (χ3n) is 2.29. The van der Waals surface area contributed by atoms with E-state index in [2.05, 4.69) is 52.0 Å². The molecule has 0 unspecified atom stereocenters. The number of nitrogens with one attached hydrogen (secondary N) is 1. The Morgan fingerprint density at radius 2 is 2.06 bits per heavy atom. The number of hydrogen-bond acceptors (Lipinski definition) is 4. The third kappa shape index (κ3) is 3.92. The first-order valence-electron chi connectivity index (χ1n) is 5.91. The molecule has 0 aliphatic carbocycles. The molecular formula is C12H20BrN3O. The van der Waals surface area contributed by atoms with E-state index in [1.165, 1.54) is 0 Å². The molecule has 1 aromatic rings. The number of aromatic nitrogens is 2. The monoisotopic (exact) mass is 301 g/mol. The largest absolute Gasteiger partial charge is 0.373 e. The van der Waals surface area contributed by atoms with Gasteiger partial charge in [0, 0.05) is 13.7 Å². The first kappa shape index (κ1) is 14.4. The van der Waals surface area contributed by atoms with Crippen LogP contribution in [0.1, 0.15) is 44.6 Å². The smallest absolute Gasteiger partial charge is 0.156 e. The summed E-state index contributed by atoms with van der Waals surface area (Å²) in [6.07, 6.45) is 1.01. The van der Waals surface area contributed by atoms with E-state index in [0.717, 1.165) is 34.8 Å². The third-order valence-corrected chi connectivity index (χ3v) is 3.07. The highest BCUT2D eigenvalue weighted by Gasteiger charge is 2.14. The Morgan fingerprint density at radius 3 is 2.59 bits per heavy atom. The molecule has 0 spiro atoms. The molecule has 1 N–H and O–H groups in total. The molecule has 0 aromatic carbocycles. The Bertz CT molecular complexity index is 369. The topological polar surface area (TPSA) is 47.0 Å². The highest BCUT2D eigenvalue weighted by Crippen LogP contribution is 2.28. The van der Waals surface area contributed by atoms with E-state index in [1.807, 2.05) is 7.05 Å². The van der Waals surface area contributed by atoms with E-state index >= 15 is 0 Å². The molecule has 1 aromatic heterocycles. The average molecular weight is 302 g/mol. The molecule has 4 nitrogen and oxygen atoms in total. The van der Waals surface area contributed by atoms with E-state index in [1.54, 1.807) is 0 Å². The van der Waals surface area contributed by atoms with E-state index in [-0.39, 0.29) is 0 Å². The van der Waals surface area contributed by atoms with Gasteiger partial charge in [0.15, 0.2) is 5.82 Å². The molecule has 0 saturated carbocycles. The molecule has 96 valence electrons. The summed E-state index contributed by atoms with van der Waals surface area (Å²) >= 11 is 3.53. The number of hydrogen-bond donors (Lipinski definition) is 1. The summed E-state index contributed by atoms with van der Waals surface area (Å²) in [4.78, 5) is 8.94. The Hall–Kier alpha value is -0.680. The van der Waals surface area contributed by atoms with Gasteiger partial charge < -0.3 is 10.1 Å². The number of nitrogens with zero attached hydrogens (tertiary/aromatic N) is 2. The summed E-state index contributed by atoms with van der Waals surface area (Å²) in [6, 6.07) is 0. The minimum absolute atomic E-state index is 0.351. The Labute approximate surface area is 111 Å². The van der Waals surface area contributed by atoms with Gasteiger partial charge in [0.05, 0.1) is 10.2 Å². The van der Waals surface area contributed by atoms with Crippen molar-refractivity contribution in [2.24, 2.45) is 0 Å². The quantitative estimate of drug-likeness (QED) is 0.819. The zero-order valence-corrected chi connectivity index (χ0v) is 12.5. The molecule has 0 atom stereocenters. The molecule has 0 aliphatic rings.